The molecule has 2 aromatic heterocycles. The Labute approximate surface area is 147 Å². The van der Waals surface area contributed by atoms with Crippen LogP contribution in [-0.2, 0) is 17.9 Å². The normalized spacial score (nSPS) is 10.6. The maximum atomic E-state index is 12.1. The van der Waals surface area contributed by atoms with E-state index in [2.05, 4.69) is 15.5 Å². The summed E-state index contributed by atoms with van der Waals surface area (Å²) >= 11 is 5.84. The lowest BCUT2D eigenvalue weighted by Gasteiger charge is -2.09. The molecule has 9 heteroatoms. The second kappa shape index (κ2) is 7.18. The predicted molar refractivity (Wildman–Crippen MR) is 90.6 cm³/mol. The summed E-state index contributed by atoms with van der Waals surface area (Å²) in [6.45, 7) is 0.326. The number of carboxylic acid groups (broad SMARTS) is 1. The topological polar surface area (TPSA) is 102 Å². The molecule has 25 heavy (non-hydrogen) atoms. The zero-order valence-corrected chi connectivity index (χ0v) is 13.7. The van der Waals surface area contributed by atoms with Gasteiger partial charge in [-0.25, -0.2) is 9.48 Å². The molecule has 3 aromatic rings. The maximum Gasteiger partial charge on any atom is 0.354 e. The van der Waals surface area contributed by atoms with Crippen molar-refractivity contribution in [3.63, 3.8) is 0 Å². The molecule has 0 aliphatic heterocycles. The number of aromatic nitrogens is 4. The van der Waals surface area contributed by atoms with Crippen LogP contribution in [0.3, 0.4) is 0 Å². The number of rotatable bonds is 6. The second-order valence-electron chi connectivity index (χ2n) is 5.28. The van der Waals surface area contributed by atoms with Crippen molar-refractivity contribution in [3.05, 3.63) is 65.2 Å². The first-order valence-corrected chi connectivity index (χ1v) is 7.71. The van der Waals surface area contributed by atoms with Crippen LogP contribution in [0.25, 0.3) is 0 Å². The van der Waals surface area contributed by atoms with Gasteiger partial charge in [0.25, 0.3) is 0 Å². The lowest BCUT2D eigenvalue weighted by atomic mass is 10.2. The maximum absolute atomic E-state index is 12.1. The smallest absolute Gasteiger partial charge is 0.354 e. The summed E-state index contributed by atoms with van der Waals surface area (Å²) in [5.41, 5.74) is 1.49. The van der Waals surface area contributed by atoms with Crippen molar-refractivity contribution in [2.24, 2.45) is 0 Å². The molecule has 3 rings (SSSR count). The van der Waals surface area contributed by atoms with E-state index in [9.17, 15) is 9.59 Å². The molecule has 0 bridgehead atoms. The van der Waals surface area contributed by atoms with Crippen molar-refractivity contribution in [3.8, 4) is 0 Å². The van der Waals surface area contributed by atoms with Gasteiger partial charge < -0.3 is 10.4 Å². The minimum Gasteiger partial charge on any atom is -0.477 e. The molecule has 0 saturated heterocycles. The fraction of sp³-hybridized carbons (Fsp3) is 0.125. The quantitative estimate of drug-likeness (QED) is 0.701. The molecule has 0 aliphatic rings. The lowest BCUT2D eigenvalue weighted by Crippen LogP contribution is -2.22. The number of nitrogens with zero attached hydrogens (tertiary/aromatic N) is 4. The van der Waals surface area contributed by atoms with Crippen LogP contribution in [0.4, 0.5) is 5.69 Å². The third kappa shape index (κ3) is 4.24. The van der Waals surface area contributed by atoms with E-state index < -0.39 is 5.97 Å². The Morgan fingerprint density at radius 2 is 2.08 bits per heavy atom. The molecule has 2 heterocycles. The molecule has 0 spiro atoms. The van der Waals surface area contributed by atoms with Gasteiger partial charge in [-0.2, -0.15) is 10.2 Å². The summed E-state index contributed by atoms with van der Waals surface area (Å²) in [7, 11) is 0. The molecule has 8 nitrogen and oxygen atoms in total. The number of carbonyl (C=O) groups excluding carboxylic acids is 1. The Kier molecular flexibility index (Phi) is 4.80. The number of carboxylic acids is 1. The van der Waals surface area contributed by atoms with Gasteiger partial charge in [0.2, 0.25) is 5.91 Å². The number of nitrogens with one attached hydrogen (secondary N) is 1. The minimum absolute atomic E-state index is 0.0422. The number of anilines is 1. The van der Waals surface area contributed by atoms with E-state index in [4.69, 9.17) is 16.7 Å². The summed E-state index contributed by atoms with van der Waals surface area (Å²) in [6, 6.07) is 8.62. The van der Waals surface area contributed by atoms with Crippen LogP contribution in [0.15, 0.2) is 48.9 Å². The highest BCUT2D eigenvalue weighted by Crippen LogP contribution is 2.13. The van der Waals surface area contributed by atoms with Gasteiger partial charge in [0.15, 0.2) is 0 Å². The van der Waals surface area contributed by atoms with E-state index in [-0.39, 0.29) is 18.1 Å². The zero-order valence-electron chi connectivity index (χ0n) is 13.0. The van der Waals surface area contributed by atoms with E-state index in [1.807, 2.05) is 18.2 Å². The zero-order chi connectivity index (χ0) is 17.8. The highest BCUT2D eigenvalue weighted by Gasteiger charge is 2.13. The fourth-order valence-electron chi connectivity index (χ4n) is 2.34. The van der Waals surface area contributed by atoms with Gasteiger partial charge in [-0.1, -0.05) is 23.7 Å². The fourth-order valence-corrected chi connectivity index (χ4v) is 2.49. The molecule has 0 atom stereocenters. The first kappa shape index (κ1) is 16.7. The molecule has 0 unspecified atom stereocenters. The van der Waals surface area contributed by atoms with Crippen molar-refractivity contribution in [1.29, 1.82) is 0 Å². The average Bonchev–Trinajstić information content (AvgIpc) is 3.16. The van der Waals surface area contributed by atoms with Crippen molar-refractivity contribution in [2.45, 2.75) is 13.1 Å². The number of hydrogen-bond donors (Lipinski definition) is 2. The van der Waals surface area contributed by atoms with Gasteiger partial charge in [0.05, 0.1) is 17.8 Å². The minimum atomic E-state index is -1.13. The second-order valence-corrected chi connectivity index (χ2v) is 5.72. The monoisotopic (exact) mass is 359 g/mol. The molecule has 2 N–H and O–H groups in total. The van der Waals surface area contributed by atoms with E-state index >= 15 is 0 Å². The van der Waals surface area contributed by atoms with E-state index in [0.717, 1.165) is 10.2 Å². The Balaban J connectivity index is 1.66. The molecular formula is C16H14ClN5O3. The lowest BCUT2D eigenvalue weighted by molar-refractivity contribution is -0.116. The molecule has 128 valence electrons. The number of amides is 1. The van der Waals surface area contributed by atoms with Gasteiger partial charge in [0.1, 0.15) is 12.2 Å². The average molecular weight is 360 g/mol. The Bertz CT molecular complexity index is 918. The van der Waals surface area contributed by atoms with Crippen LogP contribution in [0, 0.1) is 0 Å². The molecule has 0 fully saturated rings. The van der Waals surface area contributed by atoms with Crippen LogP contribution < -0.4 is 5.32 Å². The van der Waals surface area contributed by atoms with E-state index in [1.54, 1.807) is 23.1 Å². The van der Waals surface area contributed by atoms with Crippen molar-refractivity contribution in [1.82, 2.24) is 19.6 Å². The molecule has 0 saturated carbocycles. The highest BCUT2D eigenvalue weighted by molar-refractivity contribution is 6.30. The van der Waals surface area contributed by atoms with Crippen LogP contribution in [0.2, 0.25) is 5.02 Å². The Morgan fingerprint density at radius 3 is 2.80 bits per heavy atom. The molecule has 0 radical (unpaired) electrons. The highest BCUT2D eigenvalue weighted by atomic mass is 35.5. The molecular weight excluding hydrogens is 346 g/mol. The third-order valence-corrected chi connectivity index (χ3v) is 3.58. The van der Waals surface area contributed by atoms with Crippen LogP contribution in [0.5, 0.6) is 0 Å². The molecule has 1 aromatic carbocycles. The number of benzene rings is 1. The van der Waals surface area contributed by atoms with Crippen LogP contribution in [0.1, 0.15) is 16.1 Å². The van der Waals surface area contributed by atoms with Gasteiger partial charge in [-0.15, -0.1) is 0 Å². The number of aromatic carboxylic acids is 1. The largest absolute Gasteiger partial charge is 0.477 e. The van der Waals surface area contributed by atoms with E-state index in [0.29, 0.717) is 17.3 Å². The van der Waals surface area contributed by atoms with Crippen LogP contribution >= 0.6 is 11.6 Å². The van der Waals surface area contributed by atoms with Gasteiger partial charge in [-0.05, 0) is 23.8 Å². The van der Waals surface area contributed by atoms with Crippen molar-refractivity contribution < 1.29 is 14.7 Å². The number of halogens is 1. The Hall–Kier alpha value is -3.13. The summed E-state index contributed by atoms with van der Waals surface area (Å²) < 4.78 is 2.82. The van der Waals surface area contributed by atoms with Crippen LogP contribution in [-0.4, -0.2) is 36.5 Å². The SMILES string of the molecule is O=C(Cn1nccc1C(=O)O)Nc1cccc(Cn2cc(Cl)cn2)c1. The summed E-state index contributed by atoms with van der Waals surface area (Å²) in [5.74, 6) is -1.50. The standard InChI is InChI=1S/C16H14ClN5O3/c17-12-7-19-21(9-12)8-11-2-1-3-13(6-11)20-15(23)10-22-14(16(24)25)4-5-18-22/h1-7,9H,8,10H2,(H,20,23)(H,24,25). The van der Waals surface area contributed by atoms with Crippen molar-refractivity contribution in [2.75, 3.05) is 5.32 Å². The number of carbonyl (C=O) groups is 2. The Morgan fingerprint density at radius 1 is 1.24 bits per heavy atom. The first-order chi connectivity index (χ1) is 12.0. The summed E-state index contributed by atoms with van der Waals surface area (Å²) in [5, 5.41) is 20.3. The number of hydrogen-bond acceptors (Lipinski definition) is 4. The van der Waals surface area contributed by atoms with E-state index in [1.165, 1.54) is 12.3 Å². The molecule has 0 aliphatic carbocycles. The first-order valence-electron chi connectivity index (χ1n) is 7.33. The van der Waals surface area contributed by atoms with Crippen molar-refractivity contribution >= 4 is 29.2 Å². The summed E-state index contributed by atoms with van der Waals surface area (Å²) in [6.07, 6.45) is 4.60. The van der Waals surface area contributed by atoms with Gasteiger partial charge in [-0.3, -0.25) is 9.48 Å². The molecule has 1 amide bonds. The third-order valence-electron chi connectivity index (χ3n) is 3.39. The summed E-state index contributed by atoms with van der Waals surface area (Å²) in [4.78, 5) is 23.2. The van der Waals surface area contributed by atoms with Gasteiger partial charge in [0, 0.05) is 18.1 Å². The predicted octanol–water partition coefficient (Wildman–Crippen LogP) is 2.12. The van der Waals surface area contributed by atoms with Gasteiger partial charge >= 0.3 is 5.97 Å².